The molecule has 0 fully saturated rings. The van der Waals surface area contributed by atoms with E-state index in [0.29, 0.717) is 17.7 Å². The Kier molecular flexibility index (Phi) is 6.08. The van der Waals surface area contributed by atoms with Crippen LogP contribution in [0.25, 0.3) is 0 Å². The third-order valence-electron chi connectivity index (χ3n) is 4.17. The molecule has 138 valence electrons. The molecule has 2 aromatic rings. The number of nitrogens with one attached hydrogen (secondary N) is 1. The van der Waals surface area contributed by atoms with Crippen molar-refractivity contribution in [2.75, 3.05) is 7.11 Å². The van der Waals surface area contributed by atoms with E-state index in [4.69, 9.17) is 4.74 Å². The zero-order chi connectivity index (χ0) is 19.3. The highest BCUT2D eigenvalue weighted by molar-refractivity contribution is 6.04. The summed E-state index contributed by atoms with van der Waals surface area (Å²) < 4.78 is 5.35. The molecule has 0 aliphatic carbocycles. The summed E-state index contributed by atoms with van der Waals surface area (Å²) in [4.78, 5) is 33.8. The van der Waals surface area contributed by atoms with E-state index in [1.165, 1.54) is 18.6 Å². The van der Waals surface area contributed by atoms with Crippen LogP contribution in [-0.2, 0) is 6.42 Å². The van der Waals surface area contributed by atoms with Crippen molar-refractivity contribution in [2.24, 2.45) is 5.41 Å². The van der Waals surface area contributed by atoms with Gasteiger partial charge in [-0.25, -0.2) is 4.98 Å². The molecule has 1 heterocycles. The Morgan fingerprint density at radius 3 is 2.50 bits per heavy atom. The van der Waals surface area contributed by atoms with Gasteiger partial charge in [-0.2, -0.15) is 0 Å². The van der Waals surface area contributed by atoms with Gasteiger partial charge in [0.2, 0.25) is 5.78 Å². The number of aromatic nitrogens is 2. The van der Waals surface area contributed by atoms with Gasteiger partial charge >= 0.3 is 0 Å². The Bertz CT molecular complexity index is 783. The topological polar surface area (TPSA) is 81.2 Å². The fraction of sp³-hybridized carbons (Fsp3) is 0.400. The fourth-order valence-electron chi connectivity index (χ4n) is 2.79. The summed E-state index contributed by atoms with van der Waals surface area (Å²) in [5.74, 6) is 0.0884. The second-order valence-electron chi connectivity index (χ2n) is 7.07. The number of ketones is 1. The van der Waals surface area contributed by atoms with E-state index < -0.39 is 11.5 Å². The van der Waals surface area contributed by atoms with Gasteiger partial charge < -0.3 is 10.1 Å². The molecule has 1 amide bonds. The second kappa shape index (κ2) is 8.08. The van der Waals surface area contributed by atoms with Gasteiger partial charge in [0.25, 0.3) is 5.91 Å². The molecule has 2 rings (SSSR count). The van der Waals surface area contributed by atoms with Crippen LogP contribution in [0.2, 0.25) is 0 Å². The van der Waals surface area contributed by atoms with E-state index in [-0.39, 0.29) is 17.4 Å². The molecular weight excluding hydrogens is 330 g/mol. The van der Waals surface area contributed by atoms with Crippen molar-refractivity contribution in [3.63, 3.8) is 0 Å². The lowest BCUT2D eigenvalue weighted by molar-refractivity contribution is 0.0777. The van der Waals surface area contributed by atoms with Crippen molar-refractivity contribution in [3.05, 3.63) is 53.6 Å². The summed E-state index contributed by atoms with van der Waals surface area (Å²) in [7, 11) is 1.58. The van der Waals surface area contributed by atoms with E-state index >= 15 is 0 Å². The monoisotopic (exact) mass is 355 g/mol. The SMILES string of the molecule is CCc1c(OC)cccc1C(=O)NC(C(=O)c1cnccn1)C(C)(C)C. The Morgan fingerprint density at radius 1 is 1.23 bits per heavy atom. The highest BCUT2D eigenvalue weighted by Crippen LogP contribution is 2.25. The molecular formula is C20H25N3O3. The second-order valence-corrected chi connectivity index (χ2v) is 7.07. The lowest BCUT2D eigenvalue weighted by Gasteiger charge is -2.30. The van der Waals surface area contributed by atoms with Crippen molar-refractivity contribution in [1.82, 2.24) is 15.3 Å². The van der Waals surface area contributed by atoms with Gasteiger partial charge in [-0.05, 0) is 24.0 Å². The number of hydrogen-bond acceptors (Lipinski definition) is 5. The average Bonchev–Trinajstić information content (AvgIpc) is 2.64. The van der Waals surface area contributed by atoms with Crippen LogP contribution < -0.4 is 10.1 Å². The molecule has 0 saturated carbocycles. The minimum atomic E-state index is -0.734. The van der Waals surface area contributed by atoms with Gasteiger partial charge in [-0.15, -0.1) is 0 Å². The molecule has 0 radical (unpaired) electrons. The number of carbonyl (C=O) groups excluding carboxylic acids is 2. The van der Waals surface area contributed by atoms with Crippen LogP contribution in [0.4, 0.5) is 0 Å². The molecule has 0 aliphatic rings. The van der Waals surface area contributed by atoms with Crippen molar-refractivity contribution in [2.45, 2.75) is 40.2 Å². The number of ether oxygens (including phenoxy) is 1. The molecule has 1 N–H and O–H groups in total. The molecule has 0 bridgehead atoms. The standard InChI is InChI=1S/C20H25N3O3/c1-6-13-14(8-7-9-16(13)26-5)19(25)23-18(20(2,3)4)17(24)15-12-21-10-11-22-15/h7-12,18H,6H2,1-5H3,(H,23,25). The lowest BCUT2D eigenvalue weighted by Crippen LogP contribution is -2.49. The first-order valence-electron chi connectivity index (χ1n) is 8.56. The summed E-state index contributed by atoms with van der Waals surface area (Å²) in [6.07, 6.45) is 5.03. The molecule has 6 heteroatoms. The van der Waals surface area contributed by atoms with Crippen LogP contribution in [-0.4, -0.2) is 34.8 Å². The highest BCUT2D eigenvalue weighted by Gasteiger charge is 2.34. The minimum absolute atomic E-state index is 0.231. The Morgan fingerprint density at radius 2 is 1.96 bits per heavy atom. The van der Waals surface area contributed by atoms with Gasteiger partial charge in [0, 0.05) is 23.5 Å². The van der Waals surface area contributed by atoms with Crippen molar-refractivity contribution < 1.29 is 14.3 Å². The maximum atomic E-state index is 12.9. The summed E-state index contributed by atoms with van der Waals surface area (Å²) in [5, 5.41) is 2.89. The van der Waals surface area contributed by atoms with Gasteiger partial charge in [0.15, 0.2) is 0 Å². The number of benzene rings is 1. The van der Waals surface area contributed by atoms with Crippen LogP contribution >= 0.6 is 0 Å². The van der Waals surface area contributed by atoms with Gasteiger partial charge in [-0.3, -0.25) is 14.6 Å². The molecule has 1 atom stereocenters. The first kappa shape index (κ1) is 19.6. The van der Waals surface area contributed by atoms with Crippen molar-refractivity contribution in [3.8, 4) is 5.75 Å². The van der Waals surface area contributed by atoms with Crippen LogP contribution in [0.5, 0.6) is 5.75 Å². The number of rotatable bonds is 6. The number of methoxy groups -OCH3 is 1. The Hall–Kier alpha value is -2.76. The van der Waals surface area contributed by atoms with E-state index in [1.807, 2.05) is 33.8 Å². The molecule has 0 saturated heterocycles. The van der Waals surface area contributed by atoms with Gasteiger partial charge in [-0.1, -0.05) is 33.8 Å². The maximum Gasteiger partial charge on any atom is 0.252 e. The van der Waals surface area contributed by atoms with Crippen LogP contribution in [0, 0.1) is 5.41 Å². The predicted octanol–water partition coefficient (Wildman–Crippen LogP) is 3.08. The number of hydrogen-bond donors (Lipinski definition) is 1. The third kappa shape index (κ3) is 4.25. The quantitative estimate of drug-likeness (QED) is 0.806. The smallest absolute Gasteiger partial charge is 0.252 e. The number of Topliss-reactive ketones (excluding diaryl/α,β-unsaturated/α-hetero) is 1. The predicted molar refractivity (Wildman–Crippen MR) is 99.4 cm³/mol. The zero-order valence-electron chi connectivity index (χ0n) is 15.9. The van der Waals surface area contributed by atoms with Crippen molar-refractivity contribution >= 4 is 11.7 Å². The lowest BCUT2D eigenvalue weighted by atomic mass is 9.83. The van der Waals surface area contributed by atoms with Gasteiger partial charge in [0.05, 0.1) is 19.3 Å². The largest absolute Gasteiger partial charge is 0.496 e. The van der Waals surface area contributed by atoms with Gasteiger partial charge in [0.1, 0.15) is 11.4 Å². The zero-order valence-corrected chi connectivity index (χ0v) is 15.9. The van der Waals surface area contributed by atoms with Crippen LogP contribution in [0.1, 0.15) is 54.1 Å². The third-order valence-corrected chi connectivity index (χ3v) is 4.17. The molecule has 1 aromatic carbocycles. The summed E-state index contributed by atoms with van der Waals surface area (Å²) >= 11 is 0. The summed E-state index contributed by atoms with van der Waals surface area (Å²) in [6, 6.07) is 4.59. The van der Waals surface area contributed by atoms with Crippen LogP contribution in [0.3, 0.4) is 0 Å². The van der Waals surface area contributed by atoms with E-state index in [2.05, 4.69) is 15.3 Å². The molecule has 1 unspecified atom stereocenters. The van der Waals surface area contributed by atoms with Crippen LogP contribution in [0.15, 0.2) is 36.8 Å². The van der Waals surface area contributed by atoms with E-state index in [0.717, 1.165) is 5.56 Å². The number of amides is 1. The Balaban J connectivity index is 2.36. The number of carbonyl (C=O) groups is 2. The average molecular weight is 355 g/mol. The first-order valence-corrected chi connectivity index (χ1v) is 8.56. The molecule has 0 spiro atoms. The van der Waals surface area contributed by atoms with Crippen molar-refractivity contribution in [1.29, 1.82) is 0 Å². The Labute approximate surface area is 154 Å². The normalized spacial score (nSPS) is 12.3. The highest BCUT2D eigenvalue weighted by atomic mass is 16.5. The van der Waals surface area contributed by atoms with E-state index in [9.17, 15) is 9.59 Å². The molecule has 1 aromatic heterocycles. The fourth-order valence-corrected chi connectivity index (χ4v) is 2.79. The molecule has 0 aliphatic heterocycles. The molecule has 26 heavy (non-hydrogen) atoms. The summed E-state index contributed by atoms with van der Waals surface area (Å²) in [6.45, 7) is 7.66. The molecule has 6 nitrogen and oxygen atoms in total. The maximum absolute atomic E-state index is 12.9. The first-order chi connectivity index (χ1) is 12.3. The minimum Gasteiger partial charge on any atom is -0.496 e. The summed E-state index contributed by atoms with van der Waals surface area (Å²) in [5.41, 5.74) is 1.06. The van der Waals surface area contributed by atoms with E-state index in [1.54, 1.807) is 19.2 Å². The number of nitrogens with zero attached hydrogens (tertiary/aromatic N) is 2.